The lowest BCUT2D eigenvalue weighted by Crippen LogP contribution is -2.35. The Bertz CT molecular complexity index is 171. The first-order chi connectivity index (χ1) is 5.76. The highest BCUT2D eigenvalue weighted by molar-refractivity contribution is 4.92. The highest BCUT2D eigenvalue weighted by atomic mass is 15.0. The maximum atomic E-state index is 8.74. The van der Waals surface area contributed by atoms with Gasteiger partial charge in [-0.1, -0.05) is 13.8 Å². The van der Waals surface area contributed by atoms with Crippen LogP contribution in [0.1, 0.15) is 39.5 Å². The van der Waals surface area contributed by atoms with Gasteiger partial charge in [0.25, 0.3) is 0 Å². The molecule has 3 unspecified atom stereocenters. The Balaban J connectivity index is 2.27. The second kappa shape index (κ2) is 4.47. The maximum Gasteiger partial charge on any atom is 0.0952 e. The van der Waals surface area contributed by atoms with Crippen LogP contribution in [-0.4, -0.2) is 12.1 Å². The first-order valence-corrected chi connectivity index (χ1v) is 4.92. The van der Waals surface area contributed by atoms with Crippen molar-refractivity contribution in [2.75, 3.05) is 0 Å². The van der Waals surface area contributed by atoms with Crippen molar-refractivity contribution < 1.29 is 0 Å². The average Bonchev–Trinajstić information content (AvgIpc) is 2.47. The molecule has 1 fully saturated rings. The van der Waals surface area contributed by atoms with Gasteiger partial charge in [-0.25, -0.2) is 0 Å². The molecule has 2 nitrogen and oxygen atoms in total. The van der Waals surface area contributed by atoms with E-state index in [0.717, 1.165) is 12.3 Å². The molecule has 0 bridgehead atoms. The highest BCUT2D eigenvalue weighted by Crippen LogP contribution is 2.24. The van der Waals surface area contributed by atoms with Crippen LogP contribution < -0.4 is 5.32 Å². The number of rotatable bonds is 3. The lowest BCUT2D eigenvalue weighted by atomic mass is 10.1. The van der Waals surface area contributed by atoms with Crippen LogP contribution in [-0.2, 0) is 0 Å². The SMILES string of the molecule is CCC(C#N)NC1CCC(C)C1. The predicted molar refractivity (Wildman–Crippen MR) is 49.6 cm³/mol. The van der Waals surface area contributed by atoms with Crippen LogP contribution >= 0.6 is 0 Å². The van der Waals surface area contributed by atoms with Crippen LogP contribution in [0.3, 0.4) is 0 Å². The molecule has 0 aromatic rings. The van der Waals surface area contributed by atoms with E-state index in [1.807, 2.05) is 0 Å². The van der Waals surface area contributed by atoms with Crippen molar-refractivity contribution in [3.63, 3.8) is 0 Å². The van der Waals surface area contributed by atoms with E-state index in [4.69, 9.17) is 5.26 Å². The molecule has 0 heterocycles. The molecule has 0 aliphatic heterocycles. The molecule has 0 aromatic heterocycles. The Labute approximate surface area is 75.0 Å². The van der Waals surface area contributed by atoms with Crippen LogP contribution in [0.25, 0.3) is 0 Å². The standard InChI is InChI=1S/C10H18N2/c1-3-9(7-11)12-10-5-4-8(2)6-10/h8-10,12H,3-6H2,1-2H3. The second-order valence-electron chi connectivity index (χ2n) is 3.87. The molecule has 3 atom stereocenters. The number of nitriles is 1. The summed E-state index contributed by atoms with van der Waals surface area (Å²) in [5.74, 6) is 0.846. The van der Waals surface area contributed by atoms with E-state index >= 15 is 0 Å². The third kappa shape index (κ3) is 2.49. The van der Waals surface area contributed by atoms with Gasteiger partial charge in [-0.15, -0.1) is 0 Å². The van der Waals surface area contributed by atoms with Crippen LogP contribution in [0.4, 0.5) is 0 Å². The van der Waals surface area contributed by atoms with E-state index in [1.54, 1.807) is 0 Å². The van der Waals surface area contributed by atoms with Crippen molar-refractivity contribution in [1.82, 2.24) is 5.32 Å². The first-order valence-electron chi connectivity index (χ1n) is 4.92. The Morgan fingerprint density at radius 3 is 2.75 bits per heavy atom. The van der Waals surface area contributed by atoms with E-state index in [-0.39, 0.29) is 6.04 Å². The fourth-order valence-corrected chi connectivity index (χ4v) is 1.89. The summed E-state index contributed by atoms with van der Waals surface area (Å²) in [5, 5.41) is 12.1. The lowest BCUT2D eigenvalue weighted by molar-refractivity contribution is 0.461. The molecule has 1 rings (SSSR count). The van der Waals surface area contributed by atoms with Gasteiger partial charge in [-0.05, 0) is 31.6 Å². The topological polar surface area (TPSA) is 35.8 Å². The largest absolute Gasteiger partial charge is 0.299 e. The van der Waals surface area contributed by atoms with Gasteiger partial charge in [0.05, 0.1) is 12.1 Å². The van der Waals surface area contributed by atoms with Gasteiger partial charge in [0.1, 0.15) is 0 Å². The Kier molecular flexibility index (Phi) is 3.55. The van der Waals surface area contributed by atoms with Crippen molar-refractivity contribution in [3.05, 3.63) is 0 Å². The van der Waals surface area contributed by atoms with E-state index in [9.17, 15) is 0 Å². The molecule has 0 radical (unpaired) electrons. The zero-order valence-corrected chi connectivity index (χ0v) is 8.01. The molecular formula is C10H18N2. The predicted octanol–water partition coefficient (Wildman–Crippen LogP) is 2.07. The third-order valence-corrected chi connectivity index (χ3v) is 2.70. The summed E-state index contributed by atoms with van der Waals surface area (Å²) < 4.78 is 0. The maximum absolute atomic E-state index is 8.74. The number of hydrogen-bond acceptors (Lipinski definition) is 2. The van der Waals surface area contributed by atoms with Gasteiger partial charge >= 0.3 is 0 Å². The van der Waals surface area contributed by atoms with Crippen LogP contribution in [0.2, 0.25) is 0 Å². The van der Waals surface area contributed by atoms with Gasteiger partial charge < -0.3 is 0 Å². The average molecular weight is 166 g/mol. The summed E-state index contributed by atoms with van der Waals surface area (Å²) in [6.07, 6.45) is 4.73. The molecule has 0 spiro atoms. The molecule has 1 N–H and O–H groups in total. The van der Waals surface area contributed by atoms with Crippen molar-refractivity contribution in [2.45, 2.75) is 51.6 Å². The van der Waals surface area contributed by atoms with E-state index in [0.29, 0.717) is 6.04 Å². The van der Waals surface area contributed by atoms with Crippen LogP contribution in [0.5, 0.6) is 0 Å². The van der Waals surface area contributed by atoms with Gasteiger partial charge in [0.2, 0.25) is 0 Å². The fourth-order valence-electron chi connectivity index (χ4n) is 1.89. The van der Waals surface area contributed by atoms with Crippen molar-refractivity contribution in [2.24, 2.45) is 5.92 Å². The molecule has 0 aromatic carbocycles. The normalized spacial score (nSPS) is 31.4. The Morgan fingerprint density at radius 2 is 2.33 bits per heavy atom. The highest BCUT2D eigenvalue weighted by Gasteiger charge is 2.22. The van der Waals surface area contributed by atoms with E-state index in [2.05, 4.69) is 25.2 Å². The van der Waals surface area contributed by atoms with Crippen LogP contribution in [0.15, 0.2) is 0 Å². The molecule has 1 aliphatic carbocycles. The van der Waals surface area contributed by atoms with Gasteiger partial charge in [-0.3, -0.25) is 5.32 Å². The van der Waals surface area contributed by atoms with E-state index < -0.39 is 0 Å². The molecule has 0 amide bonds. The van der Waals surface area contributed by atoms with Crippen molar-refractivity contribution in [3.8, 4) is 6.07 Å². The third-order valence-electron chi connectivity index (χ3n) is 2.70. The number of hydrogen-bond donors (Lipinski definition) is 1. The molecule has 1 saturated carbocycles. The Hall–Kier alpha value is -0.550. The molecule has 12 heavy (non-hydrogen) atoms. The van der Waals surface area contributed by atoms with E-state index in [1.165, 1.54) is 19.3 Å². The molecule has 0 saturated heterocycles. The summed E-state index contributed by atoms with van der Waals surface area (Å²) in [5.41, 5.74) is 0. The van der Waals surface area contributed by atoms with Crippen molar-refractivity contribution in [1.29, 1.82) is 5.26 Å². The summed E-state index contributed by atoms with van der Waals surface area (Å²) >= 11 is 0. The monoisotopic (exact) mass is 166 g/mol. The minimum absolute atomic E-state index is 0.0697. The summed E-state index contributed by atoms with van der Waals surface area (Å²) in [7, 11) is 0. The quantitative estimate of drug-likeness (QED) is 0.696. The second-order valence-corrected chi connectivity index (χ2v) is 3.87. The summed E-state index contributed by atoms with van der Waals surface area (Å²) in [4.78, 5) is 0. The minimum atomic E-state index is 0.0697. The Morgan fingerprint density at radius 1 is 1.58 bits per heavy atom. The van der Waals surface area contributed by atoms with Gasteiger partial charge in [0.15, 0.2) is 0 Å². The molecule has 68 valence electrons. The summed E-state index contributed by atoms with van der Waals surface area (Å²) in [6.45, 7) is 4.34. The van der Waals surface area contributed by atoms with Crippen LogP contribution in [0, 0.1) is 17.2 Å². The van der Waals surface area contributed by atoms with Gasteiger partial charge in [0, 0.05) is 6.04 Å². The first kappa shape index (κ1) is 9.54. The number of nitrogens with zero attached hydrogens (tertiary/aromatic N) is 1. The molecule has 1 aliphatic rings. The van der Waals surface area contributed by atoms with Gasteiger partial charge in [-0.2, -0.15) is 5.26 Å². The smallest absolute Gasteiger partial charge is 0.0952 e. The lowest BCUT2D eigenvalue weighted by Gasteiger charge is -2.15. The molecular weight excluding hydrogens is 148 g/mol. The zero-order valence-electron chi connectivity index (χ0n) is 8.01. The zero-order chi connectivity index (χ0) is 8.97. The summed E-state index contributed by atoms with van der Waals surface area (Å²) in [6, 6.07) is 2.95. The van der Waals surface area contributed by atoms with Crippen molar-refractivity contribution >= 4 is 0 Å². The minimum Gasteiger partial charge on any atom is -0.299 e. The fraction of sp³-hybridized carbons (Fsp3) is 0.900. The molecule has 2 heteroatoms. The number of nitrogens with one attached hydrogen (secondary N) is 1.